The fourth-order valence-electron chi connectivity index (χ4n) is 4.98. The summed E-state index contributed by atoms with van der Waals surface area (Å²) >= 11 is 1.39. The van der Waals surface area contributed by atoms with Crippen LogP contribution < -0.4 is 29.2 Å². The minimum absolute atomic E-state index is 0.0756. The molecule has 1 aliphatic rings. The molecule has 4 aromatic rings. The molecule has 0 bridgehead atoms. The third kappa shape index (κ3) is 5.69. The molecule has 1 amide bonds. The molecule has 11 nitrogen and oxygen atoms in total. The van der Waals surface area contributed by atoms with E-state index in [1.807, 2.05) is 12.1 Å². The van der Waals surface area contributed by atoms with Crippen LogP contribution in [0.4, 0.5) is 17.1 Å². The average Bonchev–Trinajstić information content (AvgIpc) is 3.54. The summed E-state index contributed by atoms with van der Waals surface area (Å²) in [4.78, 5) is 38.4. The van der Waals surface area contributed by atoms with Crippen molar-refractivity contribution in [2.24, 2.45) is 0 Å². The summed E-state index contributed by atoms with van der Waals surface area (Å²) in [5, 5.41) is 18.2. The van der Waals surface area contributed by atoms with Gasteiger partial charge >= 0.3 is 5.97 Å². The van der Waals surface area contributed by atoms with E-state index >= 15 is 0 Å². The van der Waals surface area contributed by atoms with E-state index in [4.69, 9.17) is 18.9 Å². The van der Waals surface area contributed by atoms with E-state index < -0.39 is 16.4 Å². The highest BCUT2D eigenvalue weighted by molar-refractivity contribution is 7.08. The van der Waals surface area contributed by atoms with E-state index in [9.17, 15) is 19.7 Å². The summed E-state index contributed by atoms with van der Waals surface area (Å²) in [7, 11) is 4.64. The Labute approximate surface area is 251 Å². The Morgan fingerprint density at radius 1 is 1.00 bits per heavy atom. The van der Waals surface area contributed by atoms with Crippen LogP contribution in [0.3, 0.4) is 0 Å². The second kappa shape index (κ2) is 11.6. The first-order valence-electron chi connectivity index (χ1n) is 13.1. The largest absolute Gasteiger partial charge is 0.496 e. The smallest absolute Gasteiger partial charge is 0.344 e. The number of non-ortho nitro benzene ring substituents is 1. The van der Waals surface area contributed by atoms with Gasteiger partial charge in [0.1, 0.15) is 23.6 Å². The van der Waals surface area contributed by atoms with Gasteiger partial charge in [0, 0.05) is 35.7 Å². The molecule has 1 N–H and O–H groups in total. The highest BCUT2D eigenvalue weighted by Gasteiger charge is 2.39. The Morgan fingerprint density at radius 3 is 2.42 bits per heavy atom. The summed E-state index contributed by atoms with van der Waals surface area (Å²) < 4.78 is 22.8. The molecule has 0 unspecified atom stereocenters. The number of hydrogen-bond donors (Lipinski definition) is 1. The number of likely N-dealkylation sites (N-methyl/N-ethyl adjacent to an activating group) is 1. The number of carbonyl (C=O) groups excluding carboxylic acids is 2. The van der Waals surface area contributed by atoms with Gasteiger partial charge in [-0.05, 0) is 55.1 Å². The fraction of sp³-hybridized carbons (Fsp3) is 0.226. The molecule has 0 radical (unpaired) electrons. The SMILES string of the molecule is COc1ccc([N+](=O)[O-])cc1OCc1c(-c2ccc(OC(=O)c3ccsc3)cc2OC)ccc2c1N(C)C(=O)C(C)(C)N2. The van der Waals surface area contributed by atoms with Gasteiger partial charge in [-0.15, -0.1) is 0 Å². The first-order chi connectivity index (χ1) is 20.5. The number of hydrogen-bond acceptors (Lipinski definition) is 10. The number of esters is 1. The van der Waals surface area contributed by atoms with Gasteiger partial charge in [0.15, 0.2) is 11.5 Å². The lowest BCUT2D eigenvalue weighted by Crippen LogP contribution is -2.52. The number of carbonyl (C=O) groups is 2. The van der Waals surface area contributed by atoms with Crippen molar-refractivity contribution in [1.82, 2.24) is 0 Å². The first kappa shape index (κ1) is 29.4. The number of benzene rings is 3. The first-order valence-corrected chi connectivity index (χ1v) is 14.1. The predicted octanol–water partition coefficient (Wildman–Crippen LogP) is 6.31. The van der Waals surface area contributed by atoms with E-state index in [-0.39, 0.29) is 24.0 Å². The van der Waals surface area contributed by atoms with E-state index in [1.165, 1.54) is 43.8 Å². The zero-order chi connectivity index (χ0) is 30.9. The highest BCUT2D eigenvalue weighted by Crippen LogP contribution is 2.45. The number of nitrogens with zero attached hydrogens (tertiary/aromatic N) is 2. The lowest BCUT2D eigenvalue weighted by atomic mass is 9.91. The Kier molecular flexibility index (Phi) is 7.96. The molecule has 3 aromatic carbocycles. The fourth-order valence-corrected chi connectivity index (χ4v) is 5.60. The highest BCUT2D eigenvalue weighted by atomic mass is 32.1. The van der Waals surface area contributed by atoms with E-state index in [1.54, 1.807) is 60.8 Å². The number of thiophene rings is 1. The lowest BCUT2D eigenvalue weighted by Gasteiger charge is -2.39. The zero-order valence-corrected chi connectivity index (χ0v) is 24.9. The number of ether oxygens (including phenoxy) is 4. The molecular formula is C31H29N3O8S. The van der Waals surface area contributed by atoms with Crippen LogP contribution in [0.15, 0.2) is 65.4 Å². The van der Waals surface area contributed by atoms with Crippen LogP contribution in [-0.4, -0.2) is 43.6 Å². The summed E-state index contributed by atoms with van der Waals surface area (Å²) in [6, 6.07) is 14.6. The summed E-state index contributed by atoms with van der Waals surface area (Å²) in [5.41, 5.74) is 2.68. The number of nitro groups is 1. The van der Waals surface area contributed by atoms with Crippen LogP contribution in [0, 0.1) is 10.1 Å². The molecule has 0 aliphatic carbocycles. The van der Waals surface area contributed by atoms with Gasteiger partial charge in [0.25, 0.3) is 11.6 Å². The normalized spacial score (nSPS) is 13.5. The summed E-state index contributed by atoms with van der Waals surface area (Å²) in [6.45, 7) is 3.52. The number of amides is 1. The van der Waals surface area contributed by atoms with Crippen molar-refractivity contribution in [2.45, 2.75) is 26.0 Å². The molecule has 12 heteroatoms. The van der Waals surface area contributed by atoms with Crippen molar-refractivity contribution >= 4 is 40.3 Å². The van der Waals surface area contributed by atoms with E-state index in [0.717, 1.165) is 0 Å². The van der Waals surface area contributed by atoms with Crippen molar-refractivity contribution in [3.63, 3.8) is 0 Å². The topological polar surface area (TPSA) is 129 Å². The van der Waals surface area contributed by atoms with Gasteiger partial charge in [-0.2, -0.15) is 11.3 Å². The number of methoxy groups -OCH3 is 2. The molecular weight excluding hydrogens is 574 g/mol. The Balaban J connectivity index is 1.60. The quantitative estimate of drug-likeness (QED) is 0.101. The average molecular weight is 604 g/mol. The number of anilines is 2. The van der Waals surface area contributed by atoms with Crippen molar-refractivity contribution < 1.29 is 33.5 Å². The molecule has 5 rings (SSSR count). The third-order valence-corrected chi connectivity index (χ3v) is 7.75. The molecule has 0 spiro atoms. The number of fused-ring (bicyclic) bond motifs is 1. The van der Waals surface area contributed by atoms with E-state index in [0.29, 0.717) is 50.9 Å². The molecule has 0 saturated carbocycles. The summed E-state index contributed by atoms with van der Waals surface area (Å²) in [6.07, 6.45) is 0. The lowest BCUT2D eigenvalue weighted by molar-refractivity contribution is -0.385. The molecule has 0 saturated heterocycles. The van der Waals surface area contributed by atoms with Crippen molar-refractivity contribution in [2.75, 3.05) is 31.5 Å². The Bertz CT molecular complexity index is 1720. The maximum absolute atomic E-state index is 13.3. The van der Waals surface area contributed by atoms with Crippen molar-refractivity contribution in [3.05, 3.63) is 86.6 Å². The van der Waals surface area contributed by atoms with Crippen molar-refractivity contribution in [3.8, 4) is 34.1 Å². The van der Waals surface area contributed by atoms with Gasteiger partial charge < -0.3 is 29.2 Å². The number of nitrogens with one attached hydrogen (secondary N) is 1. The predicted molar refractivity (Wildman–Crippen MR) is 163 cm³/mol. The minimum atomic E-state index is -0.851. The molecule has 1 aromatic heterocycles. The molecule has 0 atom stereocenters. The van der Waals surface area contributed by atoms with Crippen LogP contribution in [0.1, 0.15) is 29.8 Å². The van der Waals surface area contributed by atoms with Crippen LogP contribution in [0.5, 0.6) is 23.0 Å². The third-order valence-electron chi connectivity index (χ3n) is 7.07. The maximum atomic E-state index is 13.3. The van der Waals surface area contributed by atoms with Gasteiger partial charge in [0.2, 0.25) is 0 Å². The monoisotopic (exact) mass is 603 g/mol. The second-order valence-corrected chi connectivity index (χ2v) is 11.0. The molecule has 43 heavy (non-hydrogen) atoms. The van der Waals surface area contributed by atoms with Crippen LogP contribution in [-0.2, 0) is 11.4 Å². The Morgan fingerprint density at radius 2 is 1.74 bits per heavy atom. The van der Waals surface area contributed by atoms with E-state index in [2.05, 4.69) is 5.32 Å². The number of rotatable bonds is 9. The summed E-state index contributed by atoms with van der Waals surface area (Å²) in [5.74, 6) is 0.552. The maximum Gasteiger partial charge on any atom is 0.344 e. The van der Waals surface area contributed by atoms with Gasteiger partial charge in [-0.25, -0.2) is 4.79 Å². The van der Waals surface area contributed by atoms with Gasteiger partial charge in [-0.3, -0.25) is 14.9 Å². The zero-order valence-electron chi connectivity index (χ0n) is 24.1. The molecule has 2 heterocycles. The number of nitro benzene ring substituents is 1. The van der Waals surface area contributed by atoms with Crippen LogP contribution in [0.25, 0.3) is 11.1 Å². The molecule has 1 aliphatic heterocycles. The molecule has 0 fully saturated rings. The van der Waals surface area contributed by atoms with Crippen LogP contribution in [0.2, 0.25) is 0 Å². The van der Waals surface area contributed by atoms with Crippen LogP contribution >= 0.6 is 11.3 Å². The van der Waals surface area contributed by atoms with Gasteiger partial charge in [0.05, 0.1) is 42.1 Å². The van der Waals surface area contributed by atoms with Crippen molar-refractivity contribution in [1.29, 1.82) is 0 Å². The van der Waals surface area contributed by atoms with Gasteiger partial charge in [-0.1, -0.05) is 6.07 Å². The molecule has 222 valence electrons. The minimum Gasteiger partial charge on any atom is -0.496 e. The second-order valence-electron chi connectivity index (χ2n) is 10.2. The standard InChI is InChI=1S/C31H29N3O8S/c1-31(2)30(36)33(3)28-23(16-41-27-14-19(34(37)38)6-11-25(27)39-4)21(9-10-24(28)32-31)22-8-7-20(15-26(22)40-5)42-29(35)18-12-13-43-17-18/h6-15,17,32H,16H2,1-5H3. The Hall–Kier alpha value is -5.10.